The maximum Gasteiger partial charge on any atom is 0.253 e. The molecule has 2 saturated heterocycles. The predicted octanol–water partition coefficient (Wildman–Crippen LogP) is 2.55. The lowest BCUT2D eigenvalue weighted by Gasteiger charge is -2.36. The molecule has 3 unspecified atom stereocenters. The van der Waals surface area contributed by atoms with Crippen molar-refractivity contribution in [1.82, 2.24) is 25.3 Å². The van der Waals surface area contributed by atoms with Crippen LogP contribution in [0.1, 0.15) is 28.4 Å². The molecule has 2 aliphatic heterocycles. The van der Waals surface area contributed by atoms with Crippen LogP contribution in [0.15, 0.2) is 73.3 Å². The molecule has 0 saturated carbocycles. The highest BCUT2D eigenvalue weighted by Gasteiger charge is 2.41. The summed E-state index contributed by atoms with van der Waals surface area (Å²) >= 11 is 0. The molecule has 2 aliphatic rings. The minimum absolute atomic E-state index is 0.106. The molecule has 3 heterocycles. The van der Waals surface area contributed by atoms with Crippen molar-refractivity contribution in [2.45, 2.75) is 18.5 Å². The number of aromatic nitrogens is 2. The van der Waals surface area contributed by atoms with Crippen molar-refractivity contribution < 1.29 is 4.79 Å². The van der Waals surface area contributed by atoms with Crippen LogP contribution in [0.3, 0.4) is 0 Å². The van der Waals surface area contributed by atoms with E-state index >= 15 is 0 Å². The van der Waals surface area contributed by atoms with Crippen molar-refractivity contribution in [2.24, 2.45) is 5.92 Å². The van der Waals surface area contributed by atoms with Crippen LogP contribution in [0.4, 0.5) is 0 Å². The second-order valence-electron chi connectivity index (χ2n) is 7.50. The summed E-state index contributed by atoms with van der Waals surface area (Å²) in [5.41, 5.74) is 9.87. The van der Waals surface area contributed by atoms with E-state index in [1.54, 1.807) is 12.5 Å². The van der Waals surface area contributed by atoms with Gasteiger partial charge in [-0.25, -0.2) is 10.4 Å². The average Bonchev–Trinajstić information content (AvgIpc) is 3.44. The Morgan fingerprint density at radius 1 is 1.04 bits per heavy atom. The van der Waals surface area contributed by atoms with Gasteiger partial charge in [0.05, 0.1) is 12.4 Å². The summed E-state index contributed by atoms with van der Waals surface area (Å²) in [5.74, 6) is 0.472. The van der Waals surface area contributed by atoms with E-state index in [9.17, 15) is 4.79 Å². The van der Waals surface area contributed by atoms with Crippen molar-refractivity contribution in [2.75, 3.05) is 13.1 Å². The molecular weight excluding hydrogens is 350 g/mol. The first-order valence-corrected chi connectivity index (χ1v) is 9.73. The van der Waals surface area contributed by atoms with E-state index in [1.165, 1.54) is 5.56 Å². The number of piperidine rings is 1. The first-order valence-electron chi connectivity index (χ1n) is 9.73. The van der Waals surface area contributed by atoms with E-state index < -0.39 is 0 Å². The number of nitrogens with zero attached hydrogens (tertiary/aromatic N) is 3. The molecule has 3 atom stereocenters. The van der Waals surface area contributed by atoms with Crippen molar-refractivity contribution in [3.8, 4) is 5.69 Å². The first kappa shape index (κ1) is 17.2. The number of carbonyl (C=O) groups is 1. The second-order valence-corrected chi connectivity index (χ2v) is 7.50. The molecule has 2 N–H and O–H groups in total. The van der Waals surface area contributed by atoms with Gasteiger partial charge in [0.25, 0.3) is 5.91 Å². The molecule has 2 fully saturated rings. The molecule has 1 aromatic heterocycles. The Morgan fingerprint density at radius 3 is 2.61 bits per heavy atom. The maximum atomic E-state index is 13.1. The van der Waals surface area contributed by atoms with Gasteiger partial charge in [-0.2, -0.15) is 0 Å². The molecule has 5 rings (SSSR count). The standard InChI is InChI=1S/C22H23N5O/c28-22(17-6-8-18(9-7-17)27-13-11-23-15-27)26-12-10-20-19(14-26)21(25-24-20)16-4-2-1-3-5-16/h1-9,11,13,15,19-21,24-25H,10,12,14H2. The lowest BCUT2D eigenvalue weighted by molar-refractivity contribution is 0.0652. The maximum absolute atomic E-state index is 13.1. The minimum atomic E-state index is 0.106. The number of hydrogen-bond acceptors (Lipinski definition) is 4. The normalized spacial score (nSPS) is 24.1. The van der Waals surface area contributed by atoms with Crippen LogP contribution in [0.25, 0.3) is 5.69 Å². The van der Waals surface area contributed by atoms with E-state index in [-0.39, 0.29) is 11.9 Å². The first-order chi connectivity index (χ1) is 13.8. The fraction of sp³-hybridized carbons (Fsp3) is 0.273. The zero-order chi connectivity index (χ0) is 18.9. The molecule has 0 radical (unpaired) electrons. The third kappa shape index (κ3) is 3.10. The second kappa shape index (κ2) is 7.22. The zero-order valence-corrected chi connectivity index (χ0v) is 15.5. The highest BCUT2D eigenvalue weighted by molar-refractivity contribution is 5.94. The summed E-state index contributed by atoms with van der Waals surface area (Å²) in [6.45, 7) is 1.53. The van der Waals surface area contributed by atoms with Gasteiger partial charge in [-0.3, -0.25) is 10.2 Å². The fourth-order valence-corrected chi connectivity index (χ4v) is 4.35. The molecule has 0 aliphatic carbocycles. The van der Waals surface area contributed by atoms with Crippen LogP contribution < -0.4 is 10.9 Å². The summed E-state index contributed by atoms with van der Waals surface area (Å²) in [5, 5.41) is 0. The largest absolute Gasteiger partial charge is 0.338 e. The summed E-state index contributed by atoms with van der Waals surface area (Å²) in [6, 6.07) is 18.8. The molecule has 142 valence electrons. The van der Waals surface area contributed by atoms with Crippen molar-refractivity contribution in [3.63, 3.8) is 0 Å². The van der Waals surface area contributed by atoms with E-state index in [2.05, 4.69) is 40.1 Å². The van der Waals surface area contributed by atoms with E-state index in [4.69, 9.17) is 0 Å². The fourth-order valence-electron chi connectivity index (χ4n) is 4.35. The van der Waals surface area contributed by atoms with Gasteiger partial charge in [-0.15, -0.1) is 0 Å². The quantitative estimate of drug-likeness (QED) is 0.741. The summed E-state index contributed by atoms with van der Waals surface area (Å²) in [4.78, 5) is 19.2. The monoisotopic (exact) mass is 373 g/mol. The van der Waals surface area contributed by atoms with Crippen LogP contribution in [-0.2, 0) is 0 Å². The lowest BCUT2D eigenvalue weighted by Crippen LogP contribution is -2.47. The number of likely N-dealkylation sites (tertiary alicyclic amines) is 1. The Hall–Kier alpha value is -2.96. The third-order valence-electron chi connectivity index (χ3n) is 5.87. The number of rotatable bonds is 3. The Kier molecular flexibility index (Phi) is 4.43. The highest BCUT2D eigenvalue weighted by Crippen LogP contribution is 2.34. The number of nitrogens with one attached hydrogen (secondary N) is 2. The summed E-state index contributed by atoms with van der Waals surface area (Å²) < 4.78 is 1.93. The highest BCUT2D eigenvalue weighted by atomic mass is 16.2. The van der Waals surface area contributed by atoms with Gasteiger partial charge in [0.1, 0.15) is 0 Å². The number of amides is 1. The molecule has 1 amide bonds. The Labute approximate surface area is 164 Å². The number of imidazole rings is 1. The van der Waals surface area contributed by atoms with Crippen molar-refractivity contribution >= 4 is 5.91 Å². The van der Waals surface area contributed by atoms with Crippen LogP contribution >= 0.6 is 0 Å². The van der Waals surface area contributed by atoms with Crippen LogP contribution in [0.2, 0.25) is 0 Å². The molecule has 3 aromatic rings. The van der Waals surface area contributed by atoms with Crippen LogP contribution in [0, 0.1) is 5.92 Å². The lowest BCUT2D eigenvalue weighted by atomic mass is 9.85. The number of fused-ring (bicyclic) bond motifs is 1. The molecule has 0 bridgehead atoms. The predicted molar refractivity (Wildman–Crippen MR) is 107 cm³/mol. The Bertz CT molecular complexity index is 939. The molecule has 6 nitrogen and oxygen atoms in total. The van der Waals surface area contributed by atoms with Gasteiger partial charge in [0, 0.05) is 48.7 Å². The Morgan fingerprint density at radius 2 is 1.86 bits per heavy atom. The SMILES string of the molecule is O=C(c1ccc(-n2ccnc2)cc1)N1CCC2NNC(c3ccccc3)C2C1. The van der Waals surface area contributed by atoms with E-state index in [0.717, 1.165) is 30.8 Å². The summed E-state index contributed by atoms with van der Waals surface area (Å²) in [7, 11) is 0. The van der Waals surface area contributed by atoms with Gasteiger partial charge in [-0.1, -0.05) is 30.3 Å². The third-order valence-corrected chi connectivity index (χ3v) is 5.87. The minimum Gasteiger partial charge on any atom is -0.338 e. The molecular formula is C22H23N5O. The number of benzene rings is 2. The van der Waals surface area contributed by atoms with Crippen molar-refractivity contribution in [1.29, 1.82) is 0 Å². The molecule has 28 heavy (non-hydrogen) atoms. The average molecular weight is 373 g/mol. The summed E-state index contributed by atoms with van der Waals surface area (Å²) in [6.07, 6.45) is 6.35. The number of hydrogen-bond donors (Lipinski definition) is 2. The number of hydrazine groups is 1. The van der Waals surface area contributed by atoms with Gasteiger partial charge in [-0.05, 0) is 36.2 Å². The van der Waals surface area contributed by atoms with Gasteiger partial charge >= 0.3 is 0 Å². The van der Waals surface area contributed by atoms with Crippen LogP contribution in [0.5, 0.6) is 0 Å². The van der Waals surface area contributed by atoms with Crippen molar-refractivity contribution in [3.05, 3.63) is 84.4 Å². The molecule has 2 aromatic carbocycles. The van der Waals surface area contributed by atoms with Gasteiger partial charge in [0.2, 0.25) is 0 Å². The number of carbonyl (C=O) groups excluding carboxylic acids is 1. The van der Waals surface area contributed by atoms with Crippen LogP contribution in [-0.4, -0.2) is 39.5 Å². The van der Waals surface area contributed by atoms with Gasteiger partial charge < -0.3 is 9.47 Å². The topological polar surface area (TPSA) is 62.2 Å². The molecule has 0 spiro atoms. The van der Waals surface area contributed by atoms with E-state index in [0.29, 0.717) is 12.0 Å². The van der Waals surface area contributed by atoms with Gasteiger partial charge in [0.15, 0.2) is 0 Å². The molecule has 6 heteroatoms. The smallest absolute Gasteiger partial charge is 0.253 e. The Balaban J connectivity index is 1.32. The van der Waals surface area contributed by atoms with E-state index in [1.807, 2.05) is 46.0 Å². The zero-order valence-electron chi connectivity index (χ0n) is 15.5.